The largest absolute Gasteiger partial charge is 0.301 e. The molecule has 1 N–H and O–H groups in total. The first-order valence-corrected chi connectivity index (χ1v) is 7.35. The highest BCUT2D eigenvalue weighted by molar-refractivity contribution is 7.98. The quantitative estimate of drug-likeness (QED) is 0.851. The van der Waals surface area contributed by atoms with Crippen LogP contribution in [-0.4, -0.2) is 26.5 Å². The monoisotopic (exact) mass is 280 g/mol. The Hall–Kier alpha value is -1.47. The van der Waals surface area contributed by atoms with Gasteiger partial charge in [-0.2, -0.15) is 9.36 Å². The summed E-state index contributed by atoms with van der Waals surface area (Å²) in [6.45, 7) is 0. The highest BCUT2D eigenvalue weighted by Crippen LogP contribution is 2.17. The van der Waals surface area contributed by atoms with Crippen molar-refractivity contribution in [2.24, 2.45) is 0 Å². The molecule has 0 saturated carbocycles. The number of amides is 1. The number of hydrogen-bond donors (Lipinski definition) is 1. The molecule has 2 heterocycles. The summed E-state index contributed by atoms with van der Waals surface area (Å²) in [5, 5.41) is 3.96. The molecule has 0 atom stereocenters. The topological polar surface area (TPSA) is 67.8 Å². The van der Waals surface area contributed by atoms with Crippen LogP contribution in [-0.2, 0) is 11.2 Å². The summed E-state index contributed by atoms with van der Waals surface area (Å²) in [6.07, 6.45) is 4.64. The van der Waals surface area contributed by atoms with Crippen LogP contribution in [0.1, 0.15) is 12.1 Å². The standard InChI is InChI=1S/C11H12N4OS2/c1-17-11-14-10(18-15-11)13-9(16)6-5-8-4-2-3-7-12-8/h2-4,7H,5-6H2,1H3,(H,13,14,15,16). The first kappa shape index (κ1) is 13.0. The van der Waals surface area contributed by atoms with Gasteiger partial charge in [-0.3, -0.25) is 9.78 Å². The van der Waals surface area contributed by atoms with Crippen molar-refractivity contribution in [3.63, 3.8) is 0 Å². The first-order chi connectivity index (χ1) is 8.78. The van der Waals surface area contributed by atoms with Crippen molar-refractivity contribution in [1.29, 1.82) is 0 Å². The van der Waals surface area contributed by atoms with Crippen molar-refractivity contribution >= 4 is 34.3 Å². The summed E-state index contributed by atoms with van der Waals surface area (Å²) in [6, 6.07) is 5.68. The Morgan fingerprint density at radius 1 is 1.50 bits per heavy atom. The van der Waals surface area contributed by atoms with Crippen LogP contribution in [0.4, 0.5) is 5.13 Å². The number of carbonyl (C=O) groups excluding carboxylic acids is 1. The van der Waals surface area contributed by atoms with Gasteiger partial charge in [-0.05, 0) is 24.8 Å². The van der Waals surface area contributed by atoms with E-state index in [9.17, 15) is 4.79 Å². The fourth-order valence-electron chi connectivity index (χ4n) is 1.31. The summed E-state index contributed by atoms with van der Waals surface area (Å²) in [7, 11) is 0. The Morgan fingerprint density at radius 2 is 2.39 bits per heavy atom. The molecule has 2 rings (SSSR count). The van der Waals surface area contributed by atoms with Crippen molar-refractivity contribution < 1.29 is 4.79 Å². The second kappa shape index (κ2) is 6.46. The van der Waals surface area contributed by atoms with Crippen molar-refractivity contribution in [1.82, 2.24) is 14.3 Å². The molecule has 2 aromatic rings. The summed E-state index contributed by atoms with van der Waals surface area (Å²) in [4.78, 5) is 20.0. The number of carbonyl (C=O) groups is 1. The molecule has 94 valence electrons. The van der Waals surface area contributed by atoms with E-state index in [0.29, 0.717) is 23.1 Å². The molecule has 5 nitrogen and oxygen atoms in total. The Morgan fingerprint density at radius 3 is 3.06 bits per heavy atom. The van der Waals surface area contributed by atoms with Crippen molar-refractivity contribution in [2.45, 2.75) is 18.0 Å². The number of nitrogens with zero attached hydrogens (tertiary/aromatic N) is 3. The van der Waals surface area contributed by atoms with Crippen LogP contribution >= 0.6 is 23.3 Å². The molecule has 0 bridgehead atoms. The maximum absolute atomic E-state index is 11.7. The van der Waals surface area contributed by atoms with Crippen LogP contribution in [0, 0.1) is 0 Å². The number of aromatic nitrogens is 3. The molecule has 18 heavy (non-hydrogen) atoms. The number of anilines is 1. The van der Waals surface area contributed by atoms with Crippen LogP contribution in [0.5, 0.6) is 0 Å². The minimum absolute atomic E-state index is 0.0653. The average Bonchev–Trinajstić information content (AvgIpc) is 2.85. The Balaban J connectivity index is 1.82. The van der Waals surface area contributed by atoms with Gasteiger partial charge in [0.05, 0.1) is 0 Å². The van der Waals surface area contributed by atoms with E-state index in [1.165, 1.54) is 23.3 Å². The molecule has 0 aromatic carbocycles. The lowest BCUT2D eigenvalue weighted by molar-refractivity contribution is -0.116. The van der Waals surface area contributed by atoms with Gasteiger partial charge in [0, 0.05) is 29.8 Å². The summed E-state index contributed by atoms with van der Waals surface area (Å²) >= 11 is 2.65. The maximum atomic E-state index is 11.7. The minimum atomic E-state index is -0.0653. The Bertz CT molecular complexity index is 515. The lowest BCUT2D eigenvalue weighted by Crippen LogP contribution is -2.12. The molecule has 0 aliphatic carbocycles. The predicted molar refractivity (Wildman–Crippen MR) is 72.9 cm³/mol. The van der Waals surface area contributed by atoms with E-state index in [2.05, 4.69) is 19.7 Å². The Kier molecular flexibility index (Phi) is 4.66. The average molecular weight is 280 g/mol. The third-order valence-electron chi connectivity index (χ3n) is 2.17. The molecule has 7 heteroatoms. The van der Waals surface area contributed by atoms with Gasteiger partial charge in [0.25, 0.3) is 0 Å². The van der Waals surface area contributed by atoms with E-state index in [0.717, 1.165) is 5.69 Å². The van der Waals surface area contributed by atoms with Crippen LogP contribution in [0.25, 0.3) is 0 Å². The molecule has 0 radical (unpaired) electrons. The van der Waals surface area contributed by atoms with Crippen molar-refractivity contribution in [3.05, 3.63) is 30.1 Å². The predicted octanol–water partition coefficient (Wildman–Crippen LogP) is 2.23. The van der Waals surface area contributed by atoms with Gasteiger partial charge in [-0.25, -0.2) is 0 Å². The number of aryl methyl sites for hydroxylation is 1. The SMILES string of the molecule is CSc1nsc(NC(=O)CCc2ccccn2)n1. The third-order valence-corrected chi connectivity index (χ3v) is 3.46. The molecule has 2 aromatic heterocycles. The first-order valence-electron chi connectivity index (χ1n) is 5.35. The number of hydrogen-bond acceptors (Lipinski definition) is 6. The molecule has 1 amide bonds. The van der Waals surface area contributed by atoms with E-state index in [4.69, 9.17) is 0 Å². The zero-order valence-corrected chi connectivity index (χ0v) is 11.4. The molecule has 0 fully saturated rings. The molecule has 0 aliphatic heterocycles. The van der Waals surface area contributed by atoms with Gasteiger partial charge in [-0.15, -0.1) is 0 Å². The highest BCUT2D eigenvalue weighted by Gasteiger charge is 2.07. The van der Waals surface area contributed by atoms with E-state index < -0.39 is 0 Å². The smallest absolute Gasteiger partial charge is 0.226 e. The zero-order valence-electron chi connectivity index (χ0n) is 9.79. The number of rotatable bonds is 5. The van der Waals surface area contributed by atoms with Crippen LogP contribution in [0.15, 0.2) is 29.6 Å². The summed E-state index contributed by atoms with van der Waals surface area (Å²) < 4.78 is 4.07. The zero-order chi connectivity index (χ0) is 12.8. The number of nitrogens with one attached hydrogen (secondary N) is 1. The van der Waals surface area contributed by atoms with Crippen LogP contribution < -0.4 is 5.32 Å². The maximum Gasteiger partial charge on any atom is 0.226 e. The lowest BCUT2D eigenvalue weighted by atomic mass is 10.2. The number of pyridine rings is 1. The van der Waals surface area contributed by atoms with Crippen molar-refractivity contribution in [2.75, 3.05) is 11.6 Å². The molecule has 0 saturated heterocycles. The van der Waals surface area contributed by atoms with E-state index in [1.807, 2.05) is 24.5 Å². The fraction of sp³-hybridized carbons (Fsp3) is 0.273. The highest BCUT2D eigenvalue weighted by atomic mass is 32.2. The van der Waals surface area contributed by atoms with E-state index in [-0.39, 0.29) is 5.91 Å². The van der Waals surface area contributed by atoms with Gasteiger partial charge >= 0.3 is 0 Å². The summed E-state index contributed by atoms with van der Waals surface area (Å²) in [5.74, 6) is -0.0653. The van der Waals surface area contributed by atoms with Gasteiger partial charge in [-0.1, -0.05) is 17.8 Å². The van der Waals surface area contributed by atoms with Crippen LogP contribution in [0.3, 0.4) is 0 Å². The molecule has 0 unspecified atom stereocenters. The minimum Gasteiger partial charge on any atom is -0.301 e. The molecule has 0 spiro atoms. The van der Waals surface area contributed by atoms with E-state index in [1.54, 1.807) is 6.20 Å². The van der Waals surface area contributed by atoms with Crippen LogP contribution in [0.2, 0.25) is 0 Å². The summed E-state index contributed by atoms with van der Waals surface area (Å²) in [5.41, 5.74) is 0.912. The molecule has 0 aliphatic rings. The van der Waals surface area contributed by atoms with Crippen molar-refractivity contribution in [3.8, 4) is 0 Å². The number of thioether (sulfide) groups is 1. The second-order valence-electron chi connectivity index (χ2n) is 3.46. The second-order valence-corrected chi connectivity index (χ2v) is 4.98. The molecular weight excluding hydrogens is 268 g/mol. The van der Waals surface area contributed by atoms with E-state index >= 15 is 0 Å². The fourth-order valence-corrected chi connectivity index (χ4v) is 2.46. The van der Waals surface area contributed by atoms with Gasteiger partial charge < -0.3 is 5.32 Å². The normalized spacial score (nSPS) is 10.3. The van der Waals surface area contributed by atoms with Gasteiger partial charge in [0.15, 0.2) is 0 Å². The molecular formula is C11H12N4OS2. The van der Waals surface area contributed by atoms with Gasteiger partial charge in [0.2, 0.25) is 16.2 Å². The Labute approximate surface area is 113 Å². The van der Waals surface area contributed by atoms with Gasteiger partial charge in [0.1, 0.15) is 0 Å². The third kappa shape index (κ3) is 3.78. The lowest BCUT2D eigenvalue weighted by Gasteiger charge is -2.00.